The van der Waals surface area contributed by atoms with Crippen molar-refractivity contribution in [1.29, 1.82) is 0 Å². The van der Waals surface area contributed by atoms with Crippen LogP contribution in [0.4, 0.5) is 0 Å². The molecule has 0 aliphatic heterocycles. The average Bonchev–Trinajstić information content (AvgIpc) is 3.08. The Hall–Kier alpha value is -0.960. The summed E-state index contributed by atoms with van der Waals surface area (Å²) in [5, 5.41) is 0. The van der Waals surface area contributed by atoms with Crippen LogP contribution >= 0.6 is 11.7 Å². The third-order valence-electron chi connectivity index (χ3n) is 5.17. The Morgan fingerprint density at radius 1 is 0.600 bits per heavy atom. The third-order valence-corrected chi connectivity index (χ3v) is 5.73. The summed E-state index contributed by atoms with van der Waals surface area (Å²) >= 11 is 1.35. The molecule has 140 valence electrons. The summed E-state index contributed by atoms with van der Waals surface area (Å²) in [6.07, 6.45) is 18.8. The molecule has 2 aromatic rings. The van der Waals surface area contributed by atoms with Gasteiger partial charge >= 0.3 is 0 Å². The maximum absolute atomic E-state index is 4.45. The number of rotatable bonds is 14. The van der Waals surface area contributed by atoms with Crippen molar-refractivity contribution in [1.82, 2.24) is 8.75 Å². The minimum atomic E-state index is 1.10. The van der Waals surface area contributed by atoms with E-state index in [1.54, 1.807) is 0 Å². The molecule has 2 nitrogen and oxygen atoms in total. The Morgan fingerprint density at radius 2 is 1.00 bits per heavy atom. The van der Waals surface area contributed by atoms with Crippen LogP contribution in [0.25, 0.3) is 11.0 Å². The van der Waals surface area contributed by atoms with Gasteiger partial charge in [0.05, 0.1) is 11.7 Å². The zero-order valence-electron chi connectivity index (χ0n) is 16.4. The van der Waals surface area contributed by atoms with Crippen LogP contribution < -0.4 is 0 Å². The number of hydrogen-bond acceptors (Lipinski definition) is 3. The SMILES string of the molecule is CCCCCCCCc1cc2nsnc2cc1CCCCCCCC. The van der Waals surface area contributed by atoms with E-state index in [1.165, 1.54) is 113 Å². The van der Waals surface area contributed by atoms with Crippen molar-refractivity contribution in [2.45, 2.75) is 104 Å². The molecule has 0 bridgehead atoms. The van der Waals surface area contributed by atoms with Gasteiger partial charge in [-0.2, -0.15) is 8.75 Å². The van der Waals surface area contributed by atoms with E-state index in [-0.39, 0.29) is 0 Å². The normalized spacial score (nSPS) is 11.4. The van der Waals surface area contributed by atoms with Gasteiger partial charge in [0.2, 0.25) is 0 Å². The predicted octanol–water partition coefficient (Wildman–Crippen LogP) is 7.50. The first-order valence-corrected chi connectivity index (χ1v) is 11.3. The fourth-order valence-electron chi connectivity index (χ4n) is 3.57. The lowest BCUT2D eigenvalue weighted by Gasteiger charge is -2.10. The van der Waals surface area contributed by atoms with E-state index < -0.39 is 0 Å². The highest BCUT2D eigenvalue weighted by Gasteiger charge is 2.08. The molecule has 0 fully saturated rings. The smallest absolute Gasteiger partial charge is 0.105 e. The van der Waals surface area contributed by atoms with Crippen molar-refractivity contribution < 1.29 is 0 Å². The predicted molar refractivity (Wildman–Crippen MR) is 112 cm³/mol. The molecule has 0 atom stereocenters. The molecule has 0 unspecified atom stereocenters. The van der Waals surface area contributed by atoms with Crippen molar-refractivity contribution in [3.8, 4) is 0 Å². The first kappa shape index (κ1) is 20.4. The van der Waals surface area contributed by atoms with E-state index in [1.807, 2.05) is 0 Å². The Morgan fingerprint density at radius 3 is 1.44 bits per heavy atom. The largest absolute Gasteiger partial charge is 0.173 e. The maximum Gasteiger partial charge on any atom is 0.105 e. The monoisotopic (exact) mass is 360 g/mol. The molecule has 0 aliphatic rings. The summed E-state index contributed by atoms with van der Waals surface area (Å²) in [6.45, 7) is 4.57. The summed E-state index contributed by atoms with van der Waals surface area (Å²) in [5.74, 6) is 0. The molecule has 25 heavy (non-hydrogen) atoms. The van der Waals surface area contributed by atoms with Crippen molar-refractivity contribution in [3.05, 3.63) is 23.3 Å². The second kappa shape index (κ2) is 12.4. The molecule has 1 aromatic heterocycles. The van der Waals surface area contributed by atoms with Crippen LogP contribution in [0.2, 0.25) is 0 Å². The molecule has 0 aliphatic carbocycles. The van der Waals surface area contributed by atoms with Crippen LogP contribution in [0.1, 0.15) is 102 Å². The summed E-state index contributed by atoms with van der Waals surface area (Å²) in [7, 11) is 0. The summed E-state index contributed by atoms with van der Waals surface area (Å²) in [6, 6.07) is 4.63. The highest BCUT2D eigenvalue weighted by molar-refractivity contribution is 7.00. The first-order chi connectivity index (χ1) is 12.3. The van der Waals surface area contributed by atoms with Crippen molar-refractivity contribution in [3.63, 3.8) is 0 Å². The van der Waals surface area contributed by atoms with Gasteiger partial charge in [-0.1, -0.05) is 78.1 Å². The Kier molecular flexibility index (Phi) is 10.1. The number of unbranched alkanes of at least 4 members (excludes halogenated alkanes) is 10. The minimum absolute atomic E-state index is 1.10. The number of nitrogens with zero attached hydrogens (tertiary/aromatic N) is 2. The van der Waals surface area contributed by atoms with Crippen molar-refractivity contribution in [2.24, 2.45) is 0 Å². The maximum atomic E-state index is 4.45. The quantitative estimate of drug-likeness (QED) is 0.326. The average molecular weight is 361 g/mol. The molecule has 1 aromatic carbocycles. The highest BCUT2D eigenvalue weighted by Crippen LogP contribution is 2.23. The molecular formula is C22H36N2S. The lowest BCUT2D eigenvalue weighted by molar-refractivity contribution is 0.599. The Bertz CT molecular complexity index is 541. The van der Waals surface area contributed by atoms with E-state index in [0.717, 1.165) is 11.0 Å². The standard InChI is InChI=1S/C22H36N2S/c1-3-5-7-9-11-13-15-19-17-21-22(24-25-23-21)18-20(19)16-14-12-10-8-6-4-2/h17-18H,3-16H2,1-2H3. The molecule has 0 amide bonds. The second-order valence-corrected chi connectivity index (χ2v) is 7.94. The van der Waals surface area contributed by atoms with Gasteiger partial charge in [0.25, 0.3) is 0 Å². The fraction of sp³-hybridized carbons (Fsp3) is 0.727. The fourth-order valence-corrected chi connectivity index (χ4v) is 4.08. The molecular weight excluding hydrogens is 324 g/mol. The van der Waals surface area contributed by atoms with E-state index in [2.05, 4.69) is 34.7 Å². The second-order valence-electron chi connectivity index (χ2n) is 7.41. The Labute approximate surface area is 158 Å². The molecule has 1 heterocycles. The molecule has 0 radical (unpaired) electrons. The first-order valence-electron chi connectivity index (χ1n) is 10.6. The lowest BCUT2D eigenvalue weighted by atomic mass is 9.95. The number of hydrogen-bond donors (Lipinski definition) is 0. The van der Waals surface area contributed by atoms with Crippen LogP contribution in [-0.2, 0) is 12.8 Å². The highest BCUT2D eigenvalue weighted by atomic mass is 32.1. The zero-order chi connectivity index (χ0) is 17.7. The minimum Gasteiger partial charge on any atom is -0.173 e. The van der Waals surface area contributed by atoms with E-state index in [0.29, 0.717) is 0 Å². The molecule has 3 heteroatoms. The summed E-state index contributed by atoms with van der Waals surface area (Å²) in [4.78, 5) is 0. The number of fused-ring (bicyclic) bond motifs is 1. The number of benzene rings is 1. The number of aromatic nitrogens is 2. The van der Waals surface area contributed by atoms with Crippen LogP contribution in [0.15, 0.2) is 12.1 Å². The van der Waals surface area contributed by atoms with Gasteiger partial charge in [0.15, 0.2) is 0 Å². The van der Waals surface area contributed by atoms with Gasteiger partial charge in [0, 0.05) is 0 Å². The summed E-state index contributed by atoms with van der Waals surface area (Å²) in [5.41, 5.74) is 5.25. The van der Waals surface area contributed by atoms with Crippen molar-refractivity contribution in [2.75, 3.05) is 0 Å². The van der Waals surface area contributed by atoms with Gasteiger partial charge in [-0.15, -0.1) is 0 Å². The van der Waals surface area contributed by atoms with Crippen LogP contribution in [0.5, 0.6) is 0 Å². The van der Waals surface area contributed by atoms with Crippen LogP contribution in [0, 0.1) is 0 Å². The molecule has 0 spiro atoms. The molecule has 2 rings (SSSR count). The van der Waals surface area contributed by atoms with Gasteiger partial charge < -0.3 is 0 Å². The molecule has 0 saturated heterocycles. The third kappa shape index (κ3) is 7.43. The molecule has 0 N–H and O–H groups in total. The van der Waals surface area contributed by atoms with Crippen LogP contribution in [-0.4, -0.2) is 8.75 Å². The van der Waals surface area contributed by atoms with E-state index in [9.17, 15) is 0 Å². The van der Waals surface area contributed by atoms with E-state index in [4.69, 9.17) is 0 Å². The van der Waals surface area contributed by atoms with E-state index >= 15 is 0 Å². The van der Waals surface area contributed by atoms with Gasteiger partial charge in [-0.05, 0) is 48.9 Å². The molecule has 0 saturated carbocycles. The van der Waals surface area contributed by atoms with Gasteiger partial charge in [-0.3, -0.25) is 0 Å². The topological polar surface area (TPSA) is 25.8 Å². The lowest BCUT2D eigenvalue weighted by Crippen LogP contribution is -1.96. The van der Waals surface area contributed by atoms with Crippen LogP contribution in [0.3, 0.4) is 0 Å². The van der Waals surface area contributed by atoms with Crippen molar-refractivity contribution >= 4 is 22.8 Å². The van der Waals surface area contributed by atoms with Gasteiger partial charge in [-0.25, -0.2) is 0 Å². The zero-order valence-corrected chi connectivity index (χ0v) is 17.2. The van der Waals surface area contributed by atoms with Gasteiger partial charge in [0.1, 0.15) is 11.0 Å². The number of aryl methyl sites for hydroxylation is 2. The Balaban J connectivity index is 1.84. The summed E-state index contributed by atoms with van der Waals surface area (Å²) < 4.78 is 8.90.